The summed E-state index contributed by atoms with van der Waals surface area (Å²) < 4.78 is 0. The van der Waals surface area contributed by atoms with Crippen LogP contribution in [-0.4, -0.2) is 28.3 Å². The number of carbonyl (C=O) groups excluding carboxylic acids is 1. The van der Waals surface area contributed by atoms with E-state index in [2.05, 4.69) is 5.32 Å². The lowest BCUT2D eigenvalue weighted by Crippen LogP contribution is -2.33. The Balaban J connectivity index is 1.72. The van der Waals surface area contributed by atoms with Crippen LogP contribution in [0.5, 0.6) is 0 Å². The maximum Gasteiger partial charge on any atom is 0.293 e. The molecule has 1 heterocycles. The van der Waals surface area contributed by atoms with Crippen molar-refractivity contribution in [2.24, 2.45) is 0 Å². The number of nitro groups is 1. The molecule has 1 unspecified atom stereocenters. The third kappa shape index (κ3) is 3.64. The molecular formula is C19H18N4O3. The molecule has 2 aromatic rings. The zero-order chi connectivity index (χ0) is 18.7. The first-order valence-electron chi connectivity index (χ1n) is 8.27. The number of hydrogen-bond acceptors (Lipinski definition) is 5. The fourth-order valence-corrected chi connectivity index (χ4v) is 3.01. The van der Waals surface area contributed by atoms with Crippen LogP contribution in [0.1, 0.15) is 23.1 Å². The lowest BCUT2D eigenvalue weighted by Gasteiger charge is -2.18. The predicted octanol–water partition coefficient (Wildman–Crippen LogP) is 2.99. The molecule has 7 heteroatoms. The van der Waals surface area contributed by atoms with Gasteiger partial charge in [0.25, 0.3) is 5.69 Å². The number of carbonyl (C=O) groups is 1. The highest BCUT2D eigenvalue weighted by molar-refractivity contribution is 5.87. The zero-order valence-corrected chi connectivity index (χ0v) is 14.3. The number of nitriles is 1. The molecule has 0 aromatic heterocycles. The molecular weight excluding hydrogens is 332 g/mol. The molecule has 26 heavy (non-hydrogen) atoms. The van der Waals surface area contributed by atoms with Gasteiger partial charge in [-0.2, -0.15) is 5.26 Å². The van der Waals surface area contributed by atoms with Gasteiger partial charge in [0, 0.05) is 19.2 Å². The van der Waals surface area contributed by atoms with E-state index in [-0.39, 0.29) is 22.8 Å². The number of likely N-dealkylation sites (tertiary alicyclic amines) is 1. The fraction of sp³-hybridized carbons (Fsp3) is 0.263. The third-order valence-electron chi connectivity index (χ3n) is 4.44. The first kappa shape index (κ1) is 17.4. The highest BCUT2D eigenvalue weighted by atomic mass is 16.6. The summed E-state index contributed by atoms with van der Waals surface area (Å²) in [5.41, 5.74) is 2.47. The van der Waals surface area contributed by atoms with E-state index in [1.54, 1.807) is 4.90 Å². The largest absolute Gasteiger partial charge is 0.368 e. The summed E-state index contributed by atoms with van der Waals surface area (Å²) in [7, 11) is 0. The average Bonchev–Trinajstić information content (AvgIpc) is 2.97. The van der Waals surface area contributed by atoms with Crippen molar-refractivity contribution in [3.05, 3.63) is 69.3 Å². The van der Waals surface area contributed by atoms with E-state index in [9.17, 15) is 14.9 Å². The van der Waals surface area contributed by atoms with E-state index in [1.165, 1.54) is 18.2 Å². The highest BCUT2D eigenvalue weighted by Gasteiger charge is 2.32. The summed E-state index contributed by atoms with van der Waals surface area (Å²) in [4.78, 5) is 25.1. The van der Waals surface area contributed by atoms with Crippen molar-refractivity contribution < 1.29 is 9.72 Å². The van der Waals surface area contributed by atoms with E-state index in [0.717, 1.165) is 11.1 Å². The SMILES string of the molecule is Cc1ccc(CN2CCC(Nc3ccc(C#N)cc3[N+](=O)[O-])C2=O)cc1. The summed E-state index contributed by atoms with van der Waals surface area (Å²) in [6, 6.07) is 13.6. The zero-order valence-electron chi connectivity index (χ0n) is 14.3. The summed E-state index contributed by atoms with van der Waals surface area (Å²) in [6.45, 7) is 3.12. The molecule has 0 radical (unpaired) electrons. The fourth-order valence-electron chi connectivity index (χ4n) is 3.01. The molecule has 3 rings (SSSR count). The van der Waals surface area contributed by atoms with Crippen molar-refractivity contribution in [3.63, 3.8) is 0 Å². The first-order valence-corrected chi connectivity index (χ1v) is 8.27. The number of benzene rings is 2. The smallest absolute Gasteiger partial charge is 0.293 e. The van der Waals surface area contributed by atoms with Gasteiger partial charge in [-0.25, -0.2) is 0 Å². The van der Waals surface area contributed by atoms with Crippen LogP contribution in [0.25, 0.3) is 0 Å². The van der Waals surface area contributed by atoms with Crippen LogP contribution in [0.4, 0.5) is 11.4 Å². The molecule has 1 amide bonds. The van der Waals surface area contributed by atoms with Crippen molar-refractivity contribution in [1.82, 2.24) is 4.90 Å². The van der Waals surface area contributed by atoms with Gasteiger partial charge in [-0.05, 0) is 31.0 Å². The van der Waals surface area contributed by atoms with Crippen molar-refractivity contribution in [2.75, 3.05) is 11.9 Å². The monoisotopic (exact) mass is 350 g/mol. The molecule has 0 spiro atoms. The molecule has 132 valence electrons. The first-order chi connectivity index (χ1) is 12.5. The Labute approximate surface area is 151 Å². The average molecular weight is 350 g/mol. The summed E-state index contributed by atoms with van der Waals surface area (Å²) >= 11 is 0. The molecule has 0 bridgehead atoms. The van der Waals surface area contributed by atoms with Crippen molar-refractivity contribution >= 4 is 17.3 Å². The second-order valence-electron chi connectivity index (χ2n) is 6.33. The number of hydrogen-bond donors (Lipinski definition) is 1. The summed E-state index contributed by atoms with van der Waals surface area (Å²) in [5.74, 6) is -0.0794. The van der Waals surface area contributed by atoms with Gasteiger partial charge < -0.3 is 10.2 Å². The van der Waals surface area contributed by atoms with Crippen molar-refractivity contribution in [1.29, 1.82) is 5.26 Å². The Kier molecular flexibility index (Phi) is 4.85. The van der Waals surface area contributed by atoms with Crippen LogP contribution in [-0.2, 0) is 11.3 Å². The molecule has 1 atom stereocenters. The topological polar surface area (TPSA) is 99.3 Å². The molecule has 7 nitrogen and oxygen atoms in total. The Morgan fingerprint density at radius 3 is 2.69 bits per heavy atom. The van der Waals surface area contributed by atoms with Crippen LogP contribution in [0.2, 0.25) is 0 Å². The number of nitrogens with one attached hydrogen (secondary N) is 1. The molecule has 1 aliphatic heterocycles. The third-order valence-corrected chi connectivity index (χ3v) is 4.44. The Morgan fingerprint density at radius 1 is 1.31 bits per heavy atom. The highest BCUT2D eigenvalue weighted by Crippen LogP contribution is 2.28. The Morgan fingerprint density at radius 2 is 2.04 bits per heavy atom. The molecule has 1 saturated heterocycles. The second kappa shape index (κ2) is 7.23. The van der Waals surface area contributed by atoms with Crippen LogP contribution in [0.3, 0.4) is 0 Å². The van der Waals surface area contributed by atoms with E-state index in [0.29, 0.717) is 19.5 Å². The second-order valence-corrected chi connectivity index (χ2v) is 6.33. The van der Waals surface area contributed by atoms with Crippen LogP contribution < -0.4 is 5.32 Å². The number of nitro benzene ring substituents is 1. The van der Waals surface area contributed by atoms with Crippen LogP contribution >= 0.6 is 0 Å². The quantitative estimate of drug-likeness (QED) is 0.660. The van der Waals surface area contributed by atoms with Gasteiger partial charge in [0.15, 0.2) is 0 Å². The number of nitrogens with zero attached hydrogens (tertiary/aromatic N) is 3. The van der Waals surface area contributed by atoms with Gasteiger partial charge in [-0.15, -0.1) is 0 Å². The number of amides is 1. The summed E-state index contributed by atoms with van der Waals surface area (Å²) in [6.07, 6.45) is 0.571. The normalized spacial score (nSPS) is 16.4. The Hall–Kier alpha value is -3.40. The number of rotatable bonds is 5. The number of anilines is 1. The molecule has 1 aliphatic rings. The van der Waals surface area contributed by atoms with Crippen molar-refractivity contribution in [2.45, 2.75) is 25.9 Å². The van der Waals surface area contributed by atoms with Gasteiger partial charge in [0.2, 0.25) is 5.91 Å². The predicted molar refractivity (Wildman–Crippen MR) is 96.4 cm³/mol. The summed E-state index contributed by atoms with van der Waals surface area (Å²) in [5, 5.41) is 23.1. The molecule has 2 aromatic carbocycles. The molecule has 1 fully saturated rings. The van der Waals surface area contributed by atoms with Gasteiger partial charge in [0.05, 0.1) is 16.6 Å². The van der Waals surface area contributed by atoms with Crippen molar-refractivity contribution in [3.8, 4) is 6.07 Å². The van der Waals surface area contributed by atoms with E-state index < -0.39 is 11.0 Å². The van der Waals surface area contributed by atoms with E-state index in [4.69, 9.17) is 5.26 Å². The van der Waals surface area contributed by atoms with Crippen LogP contribution in [0.15, 0.2) is 42.5 Å². The number of aryl methyl sites for hydroxylation is 1. The molecule has 0 saturated carbocycles. The maximum atomic E-state index is 12.6. The lowest BCUT2D eigenvalue weighted by molar-refractivity contribution is -0.384. The van der Waals surface area contributed by atoms with Gasteiger partial charge in [-0.1, -0.05) is 29.8 Å². The minimum absolute atomic E-state index is 0.0794. The van der Waals surface area contributed by atoms with Gasteiger partial charge >= 0.3 is 0 Å². The van der Waals surface area contributed by atoms with Crippen LogP contribution in [0, 0.1) is 28.4 Å². The standard InChI is InChI=1S/C19H18N4O3/c1-13-2-4-14(5-3-13)12-22-9-8-17(19(22)24)21-16-7-6-15(11-20)10-18(16)23(25)26/h2-7,10,17,21H,8-9,12H2,1H3. The molecule has 0 aliphatic carbocycles. The van der Waals surface area contributed by atoms with E-state index >= 15 is 0 Å². The molecule has 1 N–H and O–H groups in total. The lowest BCUT2D eigenvalue weighted by atomic mass is 10.1. The maximum absolute atomic E-state index is 12.6. The minimum Gasteiger partial charge on any atom is -0.368 e. The van der Waals surface area contributed by atoms with E-state index in [1.807, 2.05) is 37.3 Å². The van der Waals surface area contributed by atoms with Gasteiger partial charge in [0.1, 0.15) is 11.7 Å². The van der Waals surface area contributed by atoms with Gasteiger partial charge in [-0.3, -0.25) is 14.9 Å². The minimum atomic E-state index is -0.549. The Bertz CT molecular complexity index is 887.